The van der Waals surface area contributed by atoms with Gasteiger partial charge < -0.3 is 10.1 Å². The quantitative estimate of drug-likeness (QED) is 0.572. The van der Waals surface area contributed by atoms with Gasteiger partial charge in [-0.15, -0.1) is 0 Å². The molecular formula is C17H16Cl2N2O3S2. The van der Waals surface area contributed by atoms with Crippen molar-refractivity contribution in [3.8, 4) is 0 Å². The summed E-state index contributed by atoms with van der Waals surface area (Å²) in [7, 11) is 0. The van der Waals surface area contributed by atoms with Crippen LogP contribution in [-0.2, 0) is 14.3 Å². The fraction of sp³-hybridized carbons (Fsp3) is 0.353. The van der Waals surface area contributed by atoms with Crippen molar-refractivity contribution in [2.45, 2.75) is 18.9 Å². The van der Waals surface area contributed by atoms with Gasteiger partial charge in [0.05, 0.1) is 11.0 Å². The van der Waals surface area contributed by atoms with Crippen LogP contribution in [0.5, 0.6) is 0 Å². The largest absolute Gasteiger partial charge is 0.376 e. The predicted molar refractivity (Wildman–Crippen MR) is 108 cm³/mol. The maximum Gasteiger partial charge on any atom is 0.266 e. The van der Waals surface area contributed by atoms with E-state index >= 15 is 0 Å². The van der Waals surface area contributed by atoms with Crippen LogP contribution < -0.4 is 5.32 Å². The smallest absolute Gasteiger partial charge is 0.266 e. The highest BCUT2D eigenvalue weighted by atomic mass is 35.5. The number of benzene rings is 1. The highest BCUT2D eigenvalue weighted by Crippen LogP contribution is 2.35. The van der Waals surface area contributed by atoms with E-state index in [1.165, 1.54) is 4.90 Å². The Bertz CT molecular complexity index is 759. The standard InChI is InChI=1S/C17H16Cl2N2O3S2/c18-12-4-1-5-13(19)11(12)7-14-16(23)21(17(25)26-14)9-15(22)20-8-10-3-2-6-24-10/h1,4-5,7,10H,2-3,6,8-9H2,(H,20,22)/b14-7-/t10-/m0/s1. The number of ether oxygens (including phenoxy) is 1. The maximum absolute atomic E-state index is 12.6. The normalized spacial score (nSPS) is 21.7. The summed E-state index contributed by atoms with van der Waals surface area (Å²) in [5.41, 5.74) is 0.555. The summed E-state index contributed by atoms with van der Waals surface area (Å²) in [4.78, 5) is 26.4. The minimum absolute atomic E-state index is 0.0485. The summed E-state index contributed by atoms with van der Waals surface area (Å²) in [5, 5.41) is 3.67. The molecule has 0 unspecified atom stereocenters. The molecule has 1 aromatic rings. The summed E-state index contributed by atoms with van der Waals surface area (Å²) >= 11 is 18.7. The van der Waals surface area contributed by atoms with Gasteiger partial charge in [0.15, 0.2) is 0 Å². The predicted octanol–water partition coefficient (Wildman–Crippen LogP) is 3.49. The van der Waals surface area contributed by atoms with E-state index in [4.69, 9.17) is 40.2 Å². The molecule has 0 saturated carbocycles. The average Bonchev–Trinajstić information content (AvgIpc) is 3.20. The lowest BCUT2D eigenvalue weighted by atomic mass is 10.2. The molecule has 1 N–H and O–H groups in total. The summed E-state index contributed by atoms with van der Waals surface area (Å²) in [6, 6.07) is 5.11. The molecule has 1 aromatic carbocycles. The van der Waals surface area contributed by atoms with Gasteiger partial charge in [-0.2, -0.15) is 0 Å². The molecule has 138 valence electrons. The van der Waals surface area contributed by atoms with Crippen LogP contribution in [0.1, 0.15) is 18.4 Å². The zero-order chi connectivity index (χ0) is 18.7. The number of rotatable bonds is 5. The molecule has 2 saturated heterocycles. The Labute approximate surface area is 171 Å². The molecule has 26 heavy (non-hydrogen) atoms. The second-order valence-electron chi connectivity index (χ2n) is 5.84. The van der Waals surface area contributed by atoms with E-state index in [2.05, 4.69) is 5.32 Å². The second kappa shape index (κ2) is 8.71. The van der Waals surface area contributed by atoms with Crippen molar-refractivity contribution in [3.63, 3.8) is 0 Å². The second-order valence-corrected chi connectivity index (χ2v) is 8.33. The molecular weight excluding hydrogens is 415 g/mol. The number of thiocarbonyl (C=S) groups is 1. The van der Waals surface area contributed by atoms with Gasteiger partial charge in [-0.05, 0) is 31.1 Å². The third-order valence-corrected chi connectivity index (χ3v) is 6.04. The van der Waals surface area contributed by atoms with Crippen LogP contribution in [0.25, 0.3) is 6.08 Å². The minimum Gasteiger partial charge on any atom is -0.376 e. The first kappa shape index (κ1) is 19.6. The lowest BCUT2D eigenvalue weighted by Crippen LogP contribution is -2.41. The van der Waals surface area contributed by atoms with Crippen LogP contribution in [0, 0.1) is 0 Å². The average molecular weight is 431 g/mol. The molecule has 2 amide bonds. The molecule has 2 heterocycles. The number of halogens is 2. The number of amides is 2. The zero-order valence-corrected chi connectivity index (χ0v) is 16.8. The summed E-state index contributed by atoms with van der Waals surface area (Å²) in [5.74, 6) is -0.600. The van der Waals surface area contributed by atoms with Crippen molar-refractivity contribution in [1.29, 1.82) is 0 Å². The van der Waals surface area contributed by atoms with Crippen molar-refractivity contribution >= 4 is 69.4 Å². The topological polar surface area (TPSA) is 58.6 Å². The van der Waals surface area contributed by atoms with Crippen LogP contribution in [0.4, 0.5) is 0 Å². The van der Waals surface area contributed by atoms with E-state index in [0.29, 0.717) is 31.4 Å². The van der Waals surface area contributed by atoms with Gasteiger partial charge in [-0.3, -0.25) is 14.5 Å². The van der Waals surface area contributed by atoms with Gasteiger partial charge in [0.2, 0.25) is 5.91 Å². The Kier molecular flexibility index (Phi) is 6.58. The van der Waals surface area contributed by atoms with Crippen LogP contribution in [0.2, 0.25) is 10.0 Å². The number of nitrogens with zero attached hydrogens (tertiary/aromatic N) is 1. The number of hydrogen-bond acceptors (Lipinski definition) is 5. The SMILES string of the molecule is O=C(CN1C(=O)/C(=C/c2c(Cl)cccc2Cl)SC1=S)NC[C@@H]1CCCO1. The van der Waals surface area contributed by atoms with E-state index in [1.807, 2.05) is 0 Å². The molecule has 0 spiro atoms. The summed E-state index contributed by atoms with van der Waals surface area (Å²) < 4.78 is 5.79. The van der Waals surface area contributed by atoms with Crippen molar-refractivity contribution in [2.24, 2.45) is 0 Å². The molecule has 5 nitrogen and oxygen atoms in total. The molecule has 2 fully saturated rings. The van der Waals surface area contributed by atoms with E-state index in [-0.39, 0.29) is 24.5 Å². The molecule has 0 bridgehead atoms. The van der Waals surface area contributed by atoms with E-state index in [9.17, 15) is 9.59 Å². The summed E-state index contributed by atoms with van der Waals surface area (Å²) in [6.07, 6.45) is 3.59. The third-order valence-electron chi connectivity index (χ3n) is 4.00. The zero-order valence-electron chi connectivity index (χ0n) is 13.7. The first-order valence-corrected chi connectivity index (χ1v) is 10.0. The van der Waals surface area contributed by atoms with E-state index in [1.54, 1.807) is 24.3 Å². The first-order valence-electron chi connectivity index (χ1n) is 8.03. The molecule has 9 heteroatoms. The van der Waals surface area contributed by atoms with Gasteiger partial charge in [-0.25, -0.2) is 0 Å². The van der Waals surface area contributed by atoms with E-state index in [0.717, 1.165) is 31.2 Å². The van der Waals surface area contributed by atoms with Crippen LogP contribution in [0.3, 0.4) is 0 Å². The molecule has 0 radical (unpaired) electrons. The van der Waals surface area contributed by atoms with Gasteiger partial charge in [-0.1, -0.05) is 53.2 Å². The Morgan fingerprint density at radius 1 is 1.42 bits per heavy atom. The number of carbonyl (C=O) groups is 2. The molecule has 1 atom stereocenters. The molecule has 0 aromatic heterocycles. The maximum atomic E-state index is 12.6. The Morgan fingerprint density at radius 2 is 2.15 bits per heavy atom. The van der Waals surface area contributed by atoms with Crippen molar-refractivity contribution in [2.75, 3.05) is 19.7 Å². The Balaban J connectivity index is 1.65. The van der Waals surface area contributed by atoms with Crippen LogP contribution in [-0.4, -0.2) is 46.8 Å². The van der Waals surface area contributed by atoms with Gasteiger partial charge >= 0.3 is 0 Å². The Hall–Kier alpha value is -1.12. The lowest BCUT2D eigenvalue weighted by molar-refractivity contribution is -0.129. The fourth-order valence-electron chi connectivity index (χ4n) is 2.65. The van der Waals surface area contributed by atoms with Gasteiger partial charge in [0, 0.05) is 28.8 Å². The van der Waals surface area contributed by atoms with Crippen molar-refractivity contribution in [1.82, 2.24) is 10.2 Å². The Morgan fingerprint density at radius 3 is 2.81 bits per heavy atom. The van der Waals surface area contributed by atoms with Crippen molar-refractivity contribution in [3.05, 3.63) is 38.7 Å². The molecule has 0 aliphatic carbocycles. The monoisotopic (exact) mass is 430 g/mol. The molecule has 2 aliphatic heterocycles. The number of carbonyl (C=O) groups excluding carboxylic acids is 2. The highest BCUT2D eigenvalue weighted by molar-refractivity contribution is 8.26. The van der Waals surface area contributed by atoms with Crippen molar-refractivity contribution < 1.29 is 14.3 Å². The number of nitrogens with one attached hydrogen (secondary N) is 1. The van der Waals surface area contributed by atoms with Crippen LogP contribution in [0.15, 0.2) is 23.1 Å². The lowest BCUT2D eigenvalue weighted by Gasteiger charge is -2.15. The summed E-state index contributed by atoms with van der Waals surface area (Å²) in [6.45, 7) is 1.05. The van der Waals surface area contributed by atoms with E-state index < -0.39 is 0 Å². The fourth-order valence-corrected chi connectivity index (χ4v) is 4.39. The molecule has 2 aliphatic rings. The number of thioether (sulfide) groups is 1. The highest BCUT2D eigenvalue weighted by Gasteiger charge is 2.33. The van der Waals surface area contributed by atoms with Crippen LogP contribution >= 0.6 is 47.2 Å². The molecule has 3 rings (SSSR count). The number of hydrogen-bond donors (Lipinski definition) is 1. The minimum atomic E-state index is -0.330. The van der Waals surface area contributed by atoms with Gasteiger partial charge in [0.25, 0.3) is 5.91 Å². The first-order chi connectivity index (χ1) is 12.5. The van der Waals surface area contributed by atoms with Gasteiger partial charge in [0.1, 0.15) is 10.9 Å². The third kappa shape index (κ3) is 4.58.